The molecule has 0 bridgehead atoms. The number of benzene rings is 1. The van der Waals surface area contributed by atoms with Crippen LogP contribution in [0.3, 0.4) is 0 Å². The van der Waals surface area contributed by atoms with Crippen molar-refractivity contribution in [3.05, 3.63) is 35.9 Å². The van der Waals surface area contributed by atoms with Gasteiger partial charge in [-0.15, -0.1) is 0 Å². The fourth-order valence-electron chi connectivity index (χ4n) is 2.47. The summed E-state index contributed by atoms with van der Waals surface area (Å²) >= 11 is 0. The van der Waals surface area contributed by atoms with Crippen LogP contribution in [0, 0.1) is 0 Å². The van der Waals surface area contributed by atoms with Crippen molar-refractivity contribution in [2.24, 2.45) is 0 Å². The van der Waals surface area contributed by atoms with Crippen molar-refractivity contribution in [2.75, 3.05) is 0 Å². The van der Waals surface area contributed by atoms with Crippen molar-refractivity contribution in [1.29, 1.82) is 0 Å². The second-order valence-corrected chi connectivity index (χ2v) is 6.11. The van der Waals surface area contributed by atoms with Crippen LogP contribution in [-0.2, 0) is 15.5 Å². The molecule has 1 rings (SSSR count). The zero-order valence-electron chi connectivity index (χ0n) is 11.1. The Labute approximate surface area is 122 Å². The van der Waals surface area contributed by atoms with Gasteiger partial charge in [-0.25, -0.2) is 8.42 Å². The standard InChI is InChI=1S/C12H12F6O3S/c1-2-9(22(19,20)21)10(11(13,14)15,12(16,17)18)8-6-4-3-5-7-8/h3-7,9H,2H2,1H3,(H,19,20,21)/p-1. The summed E-state index contributed by atoms with van der Waals surface area (Å²) in [6.07, 6.45) is -13.2. The number of alkyl halides is 6. The fraction of sp³-hybridized carbons (Fsp3) is 0.500. The van der Waals surface area contributed by atoms with Crippen molar-refractivity contribution in [2.45, 2.75) is 36.4 Å². The molecule has 3 nitrogen and oxygen atoms in total. The van der Waals surface area contributed by atoms with Gasteiger partial charge in [0.2, 0.25) is 5.41 Å². The van der Waals surface area contributed by atoms with Crippen LogP contribution in [0.5, 0.6) is 0 Å². The van der Waals surface area contributed by atoms with Gasteiger partial charge in [0.05, 0.1) is 15.4 Å². The second kappa shape index (κ2) is 5.73. The lowest BCUT2D eigenvalue weighted by molar-refractivity contribution is -0.304. The van der Waals surface area contributed by atoms with Crippen LogP contribution < -0.4 is 0 Å². The molecule has 126 valence electrons. The van der Waals surface area contributed by atoms with Crippen LogP contribution in [-0.4, -0.2) is 30.6 Å². The molecule has 0 aliphatic carbocycles. The van der Waals surface area contributed by atoms with Crippen LogP contribution in [0.4, 0.5) is 26.3 Å². The molecule has 0 aliphatic heterocycles. The lowest BCUT2D eigenvalue weighted by atomic mass is 9.74. The Kier molecular flexibility index (Phi) is 4.88. The minimum atomic E-state index is -6.02. The van der Waals surface area contributed by atoms with Gasteiger partial charge in [0, 0.05) is 0 Å². The van der Waals surface area contributed by atoms with Gasteiger partial charge in [0.25, 0.3) is 0 Å². The van der Waals surface area contributed by atoms with E-state index >= 15 is 0 Å². The van der Waals surface area contributed by atoms with Crippen LogP contribution in [0.2, 0.25) is 0 Å². The summed E-state index contributed by atoms with van der Waals surface area (Å²) in [7, 11) is -5.88. The third kappa shape index (κ3) is 2.94. The van der Waals surface area contributed by atoms with Crippen molar-refractivity contribution in [3.8, 4) is 0 Å². The number of rotatable bonds is 4. The molecule has 1 aromatic carbocycles. The van der Waals surface area contributed by atoms with Crippen LogP contribution in [0.15, 0.2) is 30.3 Å². The first kappa shape index (κ1) is 18.8. The first-order valence-corrected chi connectivity index (χ1v) is 7.41. The molecule has 0 spiro atoms. The molecule has 0 aromatic heterocycles. The Morgan fingerprint density at radius 2 is 1.41 bits per heavy atom. The Morgan fingerprint density at radius 1 is 1.00 bits per heavy atom. The van der Waals surface area contributed by atoms with Crippen LogP contribution in [0.25, 0.3) is 0 Å². The molecular weight excluding hydrogens is 338 g/mol. The second-order valence-electron chi connectivity index (χ2n) is 4.56. The molecule has 0 aliphatic rings. The van der Waals surface area contributed by atoms with Gasteiger partial charge in [0.1, 0.15) is 0 Å². The van der Waals surface area contributed by atoms with Crippen LogP contribution >= 0.6 is 0 Å². The summed E-state index contributed by atoms with van der Waals surface area (Å²) in [6.45, 7) is 0.787. The minimum absolute atomic E-state index is 0.509. The van der Waals surface area contributed by atoms with E-state index in [4.69, 9.17) is 0 Å². The third-order valence-corrected chi connectivity index (χ3v) is 4.71. The Morgan fingerprint density at radius 3 is 1.68 bits per heavy atom. The topological polar surface area (TPSA) is 57.2 Å². The molecule has 22 heavy (non-hydrogen) atoms. The normalized spacial score (nSPS) is 15.6. The highest BCUT2D eigenvalue weighted by Crippen LogP contribution is 2.56. The molecule has 1 aromatic rings. The van der Waals surface area contributed by atoms with Crippen molar-refractivity contribution in [3.63, 3.8) is 0 Å². The summed E-state index contributed by atoms with van der Waals surface area (Å²) in [5, 5.41) is -3.22. The predicted octanol–water partition coefficient (Wildman–Crippen LogP) is 3.37. The van der Waals surface area contributed by atoms with E-state index in [1.54, 1.807) is 0 Å². The fourth-order valence-corrected chi connectivity index (χ4v) is 3.71. The van der Waals surface area contributed by atoms with Crippen molar-refractivity contribution < 1.29 is 39.3 Å². The molecule has 0 fully saturated rings. The summed E-state index contributed by atoms with van der Waals surface area (Å²) in [6, 6.07) is 4.01. The van der Waals surface area contributed by atoms with Crippen molar-refractivity contribution >= 4 is 10.1 Å². The third-order valence-electron chi connectivity index (χ3n) is 3.33. The average molecular weight is 349 g/mol. The maximum Gasteiger partial charge on any atom is 0.408 e. The van der Waals surface area contributed by atoms with Gasteiger partial charge < -0.3 is 4.55 Å². The van der Waals surface area contributed by atoms with Gasteiger partial charge in [-0.05, 0) is 12.0 Å². The Bertz CT molecular complexity index is 592. The van der Waals surface area contributed by atoms with Crippen LogP contribution in [0.1, 0.15) is 18.9 Å². The molecule has 0 heterocycles. The number of hydrogen-bond acceptors (Lipinski definition) is 3. The highest BCUT2D eigenvalue weighted by molar-refractivity contribution is 7.86. The zero-order chi connectivity index (χ0) is 17.4. The monoisotopic (exact) mass is 349 g/mol. The molecular formula is C12H11F6O3S-. The SMILES string of the molecule is CCC(C(c1ccccc1)(C(F)(F)F)C(F)(F)F)S(=O)(=O)[O-]. The average Bonchev–Trinajstić information content (AvgIpc) is 2.31. The summed E-state index contributed by atoms with van der Waals surface area (Å²) < 4.78 is 114. The van der Waals surface area contributed by atoms with E-state index in [9.17, 15) is 39.3 Å². The quantitative estimate of drug-likeness (QED) is 0.619. The van der Waals surface area contributed by atoms with Gasteiger partial charge in [0.15, 0.2) is 0 Å². The molecule has 10 heteroatoms. The van der Waals surface area contributed by atoms with Crippen molar-refractivity contribution in [1.82, 2.24) is 0 Å². The number of hydrogen-bond donors (Lipinski definition) is 0. The summed E-state index contributed by atoms with van der Waals surface area (Å²) in [5.74, 6) is 0. The Balaban J connectivity index is 3.93. The first-order valence-electron chi connectivity index (χ1n) is 5.93. The number of halogens is 6. The molecule has 0 amide bonds. The van der Waals surface area contributed by atoms with E-state index in [0.717, 1.165) is 19.1 Å². The summed E-state index contributed by atoms with van der Waals surface area (Å²) in [5.41, 5.74) is -6.11. The van der Waals surface area contributed by atoms with E-state index in [1.165, 1.54) is 6.07 Å². The van der Waals surface area contributed by atoms with E-state index in [-0.39, 0.29) is 0 Å². The van der Waals surface area contributed by atoms with Gasteiger partial charge in [-0.2, -0.15) is 26.3 Å². The van der Waals surface area contributed by atoms with E-state index in [0.29, 0.717) is 12.1 Å². The minimum Gasteiger partial charge on any atom is -0.748 e. The van der Waals surface area contributed by atoms with E-state index in [1.807, 2.05) is 0 Å². The molecule has 0 saturated carbocycles. The molecule has 1 atom stereocenters. The zero-order valence-corrected chi connectivity index (χ0v) is 11.9. The molecule has 0 radical (unpaired) electrons. The maximum absolute atomic E-state index is 13.4. The molecule has 0 saturated heterocycles. The first-order chi connectivity index (χ1) is 9.80. The maximum atomic E-state index is 13.4. The van der Waals surface area contributed by atoms with Gasteiger partial charge in [-0.3, -0.25) is 0 Å². The van der Waals surface area contributed by atoms with Gasteiger partial charge in [-0.1, -0.05) is 37.3 Å². The summed E-state index contributed by atoms with van der Waals surface area (Å²) in [4.78, 5) is 0. The Hall–Kier alpha value is -1.29. The molecule has 0 N–H and O–H groups in total. The highest BCUT2D eigenvalue weighted by Gasteiger charge is 2.75. The predicted molar refractivity (Wildman–Crippen MR) is 64.0 cm³/mol. The molecule has 1 unspecified atom stereocenters. The smallest absolute Gasteiger partial charge is 0.408 e. The lowest BCUT2D eigenvalue weighted by Crippen LogP contribution is -2.63. The van der Waals surface area contributed by atoms with E-state index < -0.39 is 45.1 Å². The highest BCUT2D eigenvalue weighted by atomic mass is 32.2. The largest absolute Gasteiger partial charge is 0.748 e. The van der Waals surface area contributed by atoms with E-state index in [2.05, 4.69) is 0 Å². The van der Waals surface area contributed by atoms with Gasteiger partial charge >= 0.3 is 12.4 Å². The lowest BCUT2D eigenvalue weighted by Gasteiger charge is -2.43.